The molecule has 0 N–H and O–H groups in total. The molecule has 0 saturated heterocycles. The molecule has 0 spiro atoms. The number of hydrogen-bond donors (Lipinski definition) is 0. The molecule has 0 aliphatic heterocycles. The molecule has 26 heavy (non-hydrogen) atoms. The van der Waals surface area contributed by atoms with Crippen LogP contribution < -0.4 is 4.57 Å². The average Bonchev–Trinajstić information content (AvgIpc) is 2.78. The minimum absolute atomic E-state index is 1.27. The standard InChI is InChI=1S/C17H15N2.F6P/c1-18-15-10-6-4-8-13(15)17-16(18)11-12-7-3-5-9-14(12)19(17)2;1-7(2,3,4,5)6/h3-11H,1-2H3;/q+1;-1. The van der Waals surface area contributed by atoms with Crippen molar-refractivity contribution < 1.29 is 29.7 Å². The minimum atomic E-state index is -10.7. The Morgan fingerprint density at radius 3 is 2.00 bits per heavy atom. The zero-order valence-electron chi connectivity index (χ0n) is 13.8. The van der Waals surface area contributed by atoms with Crippen LogP contribution in [0.1, 0.15) is 0 Å². The monoisotopic (exact) mass is 392 g/mol. The van der Waals surface area contributed by atoms with Crippen molar-refractivity contribution in [2.75, 3.05) is 0 Å². The Bertz CT molecular complexity index is 1140. The molecule has 2 nitrogen and oxygen atoms in total. The molecule has 2 heterocycles. The third-order valence-corrected chi connectivity index (χ3v) is 4.05. The van der Waals surface area contributed by atoms with Crippen LogP contribution in [0.5, 0.6) is 0 Å². The van der Waals surface area contributed by atoms with Crippen molar-refractivity contribution in [1.29, 1.82) is 0 Å². The molecule has 4 aromatic rings. The van der Waals surface area contributed by atoms with E-state index < -0.39 is 7.81 Å². The number of benzene rings is 2. The zero-order chi connectivity index (χ0) is 19.4. The van der Waals surface area contributed by atoms with Crippen molar-refractivity contribution in [3.8, 4) is 0 Å². The second-order valence-corrected chi connectivity index (χ2v) is 7.95. The molecule has 0 radical (unpaired) electrons. The summed E-state index contributed by atoms with van der Waals surface area (Å²) >= 11 is 0. The first-order chi connectivity index (χ1) is 11.7. The van der Waals surface area contributed by atoms with Crippen LogP contribution >= 0.6 is 7.81 Å². The van der Waals surface area contributed by atoms with E-state index in [9.17, 15) is 25.2 Å². The first-order valence-corrected chi connectivity index (χ1v) is 9.56. The Morgan fingerprint density at radius 1 is 0.808 bits per heavy atom. The predicted octanol–water partition coefficient (Wildman–Crippen LogP) is 6.69. The Balaban J connectivity index is 0.000000242. The van der Waals surface area contributed by atoms with Crippen molar-refractivity contribution in [1.82, 2.24) is 4.57 Å². The molecule has 0 fully saturated rings. The van der Waals surface area contributed by atoms with Crippen molar-refractivity contribution in [3.63, 3.8) is 0 Å². The molecule has 0 atom stereocenters. The molecule has 2 aromatic heterocycles. The van der Waals surface area contributed by atoms with Gasteiger partial charge in [-0.2, -0.15) is 4.57 Å². The van der Waals surface area contributed by atoms with Gasteiger partial charge in [0.25, 0.3) is 0 Å². The van der Waals surface area contributed by atoms with E-state index in [2.05, 4.69) is 77.8 Å². The summed E-state index contributed by atoms with van der Waals surface area (Å²) in [5, 5.41) is 2.59. The second kappa shape index (κ2) is 5.10. The number of fused-ring (bicyclic) bond motifs is 4. The van der Waals surface area contributed by atoms with E-state index in [0.717, 1.165) is 0 Å². The molecular formula is C17H15F6N2P. The average molecular weight is 392 g/mol. The number of pyridine rings is 1. The summed E-state index contributed by atoms with van der Waals surface area (Å²) in [6.45, 7) is 0. The molecule has 2 aromatic carbocycles. The molecule has 0 aliphatic rings. The Hall–Kier alpha value is -2.34. The van der Waals surface area contributed by atoms with Gasteiger partial charge in [0.05, 0.1) is 10.9 Å². The normalized spacial score (nSPS) is 14.8. The number of para-hydroxylation sites is 2. The van der Waals surface area contributed by atoms with Crippen LogP contribution in [0.3, 0.4) is 0 Å². The van der Waals surface area contributed by atoms with E-state index in [-0.39, 0.29) is 0 Å². The summed E-state index contributed by atoms with van der Waals surface area (Å²) in [4.78, 5) is 0. The second-order valence-electron chi connectivity index (χ2n) is 6.03. The van der Waals surface area contributed by atoms with E-state index in [0.29, 0.717) is 0 Å². The van der Waals surface area contributed by atoms with Gasteiger partial charge in [-0.1, -0.05) is 24.3 Å². The number of rotatable bonds is 0. The maximum absolute atomic E-state index is 10.7. The van der Waals surface area contributed by atoms with Gasteiger partial charge in [0.15, 0.2) is 0 Å². The number of aromatic nitrogens is 2. The van der Waals surface area contributed by atoms with Gasteiger partial charge in [0, 0.05) is 18.5 Å². The van der Waals surface area contributed by atoms with Gasteiger partial charge < -0.3 is 4.57 Å². The van der Waals surface area contributed by atoms with Crippen LogP contribution in [0.2, 0.25) is 0 Å². The van der Waals surface area contributed by atoms with E-state index in [1.165, 1.54) is 32.8 Å². The third-order valence-electron chi connectivity index (χ3n) is 4.05. The molecule has 4 rings (SSSR count). The van der Waals surface area contributed by atoms with Gasteiger partial charge in [0.1, 0.15) is 12.6 Å². The SMILES string of the molecule is Cn1c2ccccc2c2c1cc1ccccc1[n+]2C.F[P-](F)(F)(F)(F)F. The van der Waals surface area contributed by atoms with Crippen molar-refractivity contribution in [2.45, 2.75) is 0 Å². The molecule has 140 valence electrons. The van der Waals surface area contributed by atoms with Crippen molar-refractivity contribution in [2.24, 2.45) is 14.1 Å². The van der Waals surface area contributed by atoms with Gasteiger partial charge in [-0.15, -0.1) is 0 Å². The van der Waals surface area contributed by atoms with Crippen LogP contribution in [0, 0.1) is 0 Å². The van der Waals surface area contributed by atoms with Crippen LogP contribution in [0.15, 0.2) is 54.6 Å². The maximum atomic E-state index is 9.87. The van der Waals surface area contributed by atoms with Crippen molar-refractivity contribution in [3.05, 3.63) is 54.6 Å². The fraction of sp³-hybridized carbons (Fsp3) is 0.118. The summed E-state index contributed by atoms with van der Waals surface area (Å²) in [5.41, 5.74) is 5.13. The van der Waals surface area contributed by atoms with E-state index >= 15 is 0 Å². The fourth-order valence-electron chi connectivity index (χ4n) is 3.09. The molecule has 0 saturated carbocycles. The molecule has 0 bridgehead atoms. The quantitative estimate of drug-likeness (QED) is 0.179. The van der Waals surface area contributed by atoms with Gasteiger partial charge in [-0.05, 0) is 24.3 Å². The van der Waals surface area contributed by atoms with Gasteiger partial charge in [-0.3, -0.25) is 0 Å². The van der Waals surface area contributed by atoms with Crippen LogP contribution in [0.4, 0.5) is 25.2 Å². The first-order valence-electron chi connectivity index (χ1n) is 7.54. The molecule has 9 heteroatoms. The number of nitrogens with zero attached hydrogens (tertiary/aromatic N) is 2. The van der Waals surface area contributed by atoms with Crippen LogP contribution in [0.25, 0.3) is 32.8 Å². The summed E-state index contributed by atoms with van der Waals surface area (Å²) < 4.78 is 63.8. The number of hydrogen-bond acceptors (Lipinski definition) is 0. The van der Waals surface area contributed by atoms with Gasteiger partial charge in [-0.25, -0.2) is 0 Å². The summed E-state index contributed by atoms with van der Waals surface area (Å²) in [6.07, 6.45) is 0. The molecule has 0 aliphatic carbocycles. The van der Waals surface area contributed by atoms with E-state index in [1.54, 1.807) is 0 Å². The van der Waals surface area contributed by atoms with Crippen LogP contribution in [-0.4, -0.2) is 4.57 Å². The first kappa shape index (κ1) is 18.5. The van der Waals surface area contributed by atoms with E-state index in [1.807, 2.05) is 0 Å². The summed E-state index contributed by atoms with van der Waals surface area (Å²) in [6, 6.07) is 19.4. The van der Waals surface area contributed by atoms with Gasteiger partial charge in [0.2, 0.25) is 11.0 Å². The molecule has 0 amide bonds. The third kappa shape index (κ3) is 4.07. The molecule has 0 unspecified atom stereocenters. The van der Waals surface area contributed by atoms with E-state index in [4.69, 9.17) is 0 Å². The Kier molecular flexibility index (Phi) is 3.62. The fourth-order valence-corrected chi connectivity index (χ4v) is 3.09. The van der Waals surface area contributed by atoms with Crippen molar-refractivity contribution >= 4 is 40.6 Å². The number of halogens is 6. The number of aryl methyl sites for hydroxylation is 2. The van der Waals surface area contributed by atoms with Crippen LogP contribution in [-0.2, 0) is 14.1 Å². The predicted molar refractivity (Wildman–Crippen MR) is 92.7 cm³/mol. The topological polar surface area (TPSA) is 8.81 Å². The Morgan fingerprint density at radius 2 is 1.35 bits per heavy atom. The zero-order valence-corrected chi connectivity index (χ0v) is 14.7. The molecular weight excluding hydrogens is 377 g/mol. The Labute approximate surface area is 144 Å². The summed E-state index contributed by atoms with van der Waals surface area (Å²) in [7, 11) is -6.37. The van der Waals surface area contributed by atoms with Gasteiger partial charge >= 0.3 is 33.0 Å². The summed E-state index contributed by atoms with van der Waals surface area (Å²) in [5.74, 6) is 0.